The van der Waals surface area contributed by atoms with Gasteiger partial charge in [-0.2, -0.15) is 11.3 Å². The standard InChI is InChI=1S/C21H23N5O5S/c22-18(23)13-1-3-14(4-2-13)19(29)24-6-7-25-8-9-26(21(31)20(25)30)16(11-17(27)28)15-5-10-32-12-15/h1-5,10,12,16H,6-9,11H2,(H3,22,23)(H,24,29)(H,27,28). The molecular weight excluding hydrogens is 434 g/mol. The molecule has 0 aliphatic carbocycles. The van der Waals surface area contributed by atoms with Crippen LogP contribution in [0.25, 0.3) is 0 Å². The molecule has 1 atom stereocenters. The Morgan fingerprint density at radius 2 is 1.81 bits per heavy atom. The monoisotopic (exact) mass is 457 g/mol. The van der Waals surface area contributed by atoms with Crippen LogP contribution in [-0.2, 0) is 14.4 Å². The second kappa shape index (κ2) is 10.1. The van der Waals surface area contributed by atoms with Gasteiger partial charge in [0, 0.05) is 37.3 Å². The third-order valence-electron chi connectivity index (χ3n) is 5.14. The van der Waals surface area contributed by atoms with Gasteiger partial charge >= 0.3 is 17.8 Å². The Balaban J connectivity index is 1.56. The van der Waals surface area contributed by atoms with Crippen molar-refractivity contribution in [2.24, 2.45) is 5.73 Å². The second-order valence-electron chi connectivity index (χ2n) is 7.21. The lowest BCUT2D eigenvalue weighted by Crippen LogP contribution is -2.56. The Kier molecular flexibility index (Phi) is 7.21. The van der Waals surface area contributed by atoms with Crippen LogP contribution >= 0.6 is 11.3 Å². The summed E-state index contributed by atoms with van der Waals surface area (Å²) < 4.78 is 0. The molecule has 1 saturated heterocycles. The molecule has 2 heterocycles. The molecule has 10 nitrogen and oxygen atoms in total. The molecule has 3 amide bonds. The largest absolute Gasteiger partial charge is 0.481 e. The van der Waals surface area contributed by atoms with Gasteiger partial charge in [0.2, 0.25) is 0 Å². The smallest absolute Gasteiger partial charge is 0.312 e. The summed E-state index contributed by atoms with van der Waals surface area (Å²) in [5.74, 6) is -2.97. The minimum absolute atomic E-state index is 0.0936. The van der Waals surface area contributed by atoms with E-state index in [4.69, 9.17) is 11.1 Å². The lowest BCUT2D eigenvalue weighted by molar-refractivity contribution is -0.159. The maximum absolute atomic E-state index is 12.7. The molecule has 0 saturated carbocycles. The van der Waals surface area contributed by atoms with Crippen molar-refractivity contribution in [2.75, 3.05) is 26.2 Å². The van der Waals surface area contributed by atoms with Crippen molar-refractivity contribution in [3.63, 3.8) is 0 Å². The molecule has 0 radical (unpaired) electrons. The number of nitrogens with one attached hydrogen (secondary N) is 2. The Morgan fingerprint density at radius 1 is 1.12 bits per heavy atom. The fraction of sp³-hybridized carbons (Fsp3) is 0.286. The molecule has 1 unspecified atom stereocenters. The zero-order valence-electron chi connectivity index (χ0n) is 17.1. The van der Waals surface area contributed by atoms with Crippen LogP contribution in [0.2, 0.25) is 0 Å². The number of aliphatic carboxylic acids is 1. The SMILES string of the molecule is N=C(N)c1ccc(C(=O)NCCN2CCN(C(CC(=O)O)c3ccsc3)C(=O)C2=O)cc1. The van der Waals surface area contributed by atoms with Crippen molar-refractivity contribution in [1.82, 2.24) is 15.1 Å². The second-order valence-corrected chi connectivity index (χ2v) is 7.99. The number of hydrogen-bond donors (Lipinski definition) is 4. The highest BCUT2D eigenvalue weighted by Gasteiger charge is 2.37. The maximum atomic E-state index is 12.7. The number of nitrogens with two attached hydrogens (primary N) is 1. The van der Waals surface area contributed by atoms with Crippen LogP contribution in [0.3, 0.4) is 0 Å². The van der Waals surface area contributed by atoms with E-state index in [1.54, 1.807) is 41.1 Å². The van der Waals surface area contributed by atoms with Crippen LogP contribution in [0.4, 0.5) is 0 Å². The molecule has 3 rings (SSSR count). The molecule has 1 fully saturated rings. The van der Waals surface area contributed by atoms with Crippen LogP contribution in [0.15, 0.2) is 41.1 Å². The first kappa shape index (κ1) is 22.9. The normalized spacial score (nSPS) is 14.9. The van der Waals surface area contributed by atoms with Gasteiger partial charge in [-0.05, 0) is 34.5 Å². The van der Waals surface area contributed by atoms with Gasteiger partial charge in [-0.3, -0.25) is 24.6 Å². The number of carboxylic acids is 1. The molecular formula is C21H23N5O5S. The number of amidine groups is 1. The zero-order valence-corrected chi connectivity index (χ0v) is 17.9. The Morgan fingerprint density at radius 3 is 2.41 bits per heavy atom. The summed E-state index contributed by atoms with van der Waals surface area (Å²) in [6.07, 6.45) is -0.284. The predicted octanol–water partition coefficient (Wildman–Crippen LogP) is 0.649. The van der Waals surface area contributed by atoms with E-state index >= 15 is 0 Å². The first-order chi connectivity index (χ1) is 15.3. The number of benzene rings is 1. The van der Waals surface area contributed by atoms with E-state index in [2.05, 4.69) is 5.32 Å². The van der Waals surface area contributed by atoms with Gasteiger partial charge in [-0.1, -0.05) is 12.1 Å². The highest BCUT2D eigenvalue weighted by atomic mass is 32.1. The van der Waals surface area contributed by atoms with Crippen molar-refractivity contribution < 1.29 is 24.3 Å². The van der Waals surface area contributed by atoms with Crippen molar-refractivity contribution in [2.45, 2.75) is 12.5 Å². The third-order valence-corrected chi connectivity index (χ3v) is 5.84. The number of rotatable bonds is 9. The summed E-state index contributed by atoms with van der Waals surface area (Å²) in [7, 11) is 0. The number of nitrogens with zero attached hydrogens (tertiary/aromatic N) is 2. The first-order valence-electron chi connectivity index (χ1n) is 9.84. The van der Waals surface area contributed by atoms with Crippen LogP contribution in [0.5, 0.6) is 0 Å². The average molecular weight is 458 g/mol. The highest BCUT2D eigenvalue weighted by Crippen LogP contribution is 2.28. The molecule has 1 aromatic heterocycles. The topological polar surface area (TPSA) is 157 Å². The number of amides is 3. The van der Waals surface area contributed by atoms with Crippen LogP contribution < -0.4 is 11.1 Å². The van der Waals surface area contributed by atoms with Gasteiger partial charge in [0.25, 0.3) is 5.91 Å². The Bertz CT molecular complexity index is 1020. The van der Waals surface area contributed by atoms with Gasteiger partial charge in [0.05, 0.1) is 12.5 Å². The maximum Gasteiger partial charge on any atom is 0.312 e. The number of carbonyl (C=O) groups excluding carboxylic acids is 3. The van der Waals surface area contributed by atoms with Gasteiger partial charge in [-0.25, -0.2) is 0 Å². The van der Waals surface area contributed by atoms with Crippen LogP contribution in [-0.4, -0.2) is 70.6 Å². The average Bonchev–Trinajstić information content (AvgIpc) is 3.30. The van der Waals surface area contributed by atoms with Crippen LogP contribution in [0, 0.1) is 5.41 Å². The molecule has 168 valence electrons. The van der Waals surface area contributed by atoms with E-state index < -0.39 is 23.8 Å². The van der Waals surface area contributed by atoms with E-state index in [0.717, 1.165) is 0 Å². The van der Waals surface area contributed by atoms with Gasteiger partial charge in [-0.15, -0.1) is 0 Å². The van der Waals surface area contributed by atoms with Gasteiger partial charge in [0.15, 0.2) is 0 Å². The van der Waals surface area contributed by atoms with E-state index in [1.807, 2.05) is 0 Å². The van der Waals surface area contributed by atoms with Gasteiger partial charge in [0.1, 0.15) is 5.84 Å². The summed E-state index contributed by atoms with van der Waals surface area (Å²) >= 11 is 1.39. The van der Waals surface area contributed by atoms with Gasteiger partial charge < -0.3 is 26.0 Å². The van der Waals surface area contributed by atoms with Crippen molar-refractivity contribution in [1.29, 1.82) is 5.41 Å². The summed E-state index contributed by atoms with van der Waals surface area (Å²) in [6.45, 7) is 0.750. The fourth-order valence-corrected chi connectivity index (χ4v) is 4.15. The summed E-state index contributed by atoms with van der Waals surface area (Å²) in [5.41, 5.74) is 6.97. The summed E-state index contributed by atoms with van der Waals surface area (Å²) in [5, 5.41) is 22.9. The molecule has 5 N–H and O–H groups in total. The molecule has 2 aromatic rings. The van der Waals surface area contributed by atoms with Crippen LogP contribution in [0.1, 0.15) is 33.9 Å². The first-order valence-corrected chi connectivity index (χ1v) is 10.8. The number of carboxylic acid groups (broad SMARTS) is 1. The number of hydrogen-bond acceptors (Lipinski definition) is 6. The van der Waals surface area contributed by atoms with Crippen molar-refractivity contribution in [3.8, 4) is 0 Å². The van der Waals surface area contributed by atoms with Crippen molar-refractivity contribution in [3.05, 3.63) is 57.8 Å². The van der Waals surface area contributed by atoms with Crippen molar-refractivity contribution >= 4 is 40.9 Å². The predicted molar refractivity (Wildman–Crippen MR) is 117 cm³/mol. The highest BCUT2D eigenvalue weighted by molar-refractivity contribution is 7.08. The number of nitrogen functional groups attached to an aromatic ring is 1. The lowest BCUT2D eigenvalue weighted by Gasteiger charge is -2.38. The molecule has 32 heavy (non-hydrogen) atoms. The van der Waals surface area contributed by atoms with E-state index in [0.29, 0.717) is 16.7 Å². The molecule has 0 spiro atoms. The van der Waals surface area contributed by atoms with E-state index in [9.17, 15) is 24.3 Å². The molecule has 11 heteroatoms. The third kappa shape index (κ3) is 5.30. The molecule has 1 aliphatic heterocycles. The number of carbonyl (C=O) groups is 4. The zero-order chi connectivity index (χ0) is 23.3. The Hall–Kier alpha value is -3.73. The summed E-state index contributed by atoms with van der Waals surface area (Å²) in [4.78, 5) is 51.5. The quantitative estimate of drug-likeness (QED) is 0.246. The van der Waals surface area contributed by atoms with E-state index in [1.165, 1.54) is 21.1 Å². The fourth-order valence-electron chi connectivity index (χ4n) is 3.45. The molecule has 0 bridgehead atoms. The lowest BCUT2D eigenvalue weighted by atomic mass is 10.0. The number of piperazine rings is 1. The molecule has 1 aliphatic rings. The molecule has 1 aromatic carbocycles. The Labute approximate surface area is 188 Å². The minimum atomic E-state index is -1.05. The minimum Gasteiger partial charge on any atom is -0.481 e. The number of thiophene rings is 1. The summed E-state index contributed by atoms with van der Waals surface area (Å²) in [6, 6.07) is 7.29. The van der Waals surface area contributed by atoms with E-state index in [-0.39, 0.29) is 44.3 Å².